The summed E-state index contributed by atoms with van der Waals surface area (Å²) in [6, 6.07) is 3.79. The number of anilines is 2. The number of piperazine rings is 1. The van der Waals surface area contributed by atoms with Gasteiger partial charge in [0.1, 0.15) is 11.1 Å². The van der Waals surface area contributed by atoms with Crippen LogP contribution in [0.5, 0.6) is 0 Å². The number of hydrogen-bond donors (Lipinski definition) is 1. The van der Waals surface area contributed by atoms with Crippen LogP contribution in [0.1, 0.15) is 5.56 Å². The summed E-state index contributed by atoms with van der Waals surface area (Å²) in [5.41, 5.74) is -0.00842. The number of rotatable bonds is 2. The van der Waals surface area contributed by atoms with Crippen molar-refractivity contribution < 1.29 is 8.78 Å². The Kier molecular flexibility index (Phi) is 3.99. The van der Waals surface area contributed by atoms with E-state index in [1.807, 2.05) is 4.90 Å². The molecule has 1 N–H and O–H groups in total. The molecule has 1 aliphatic rings. The van der Waals surface area contributed by atoms with Crippen molar-refractivity contribution in [3.8, 4) is 6.07 Å². The minimum atomic E-state index is -0.761. The predicted octanol–water partition coefficient (Wildman–Crippen LogP) is 1.13. The Morgan fingerprint density at radius 1 is 1.15 bits per heavy atom. The smallest absolute Gasteiger partial charge is 0.263 e. The summed E-state index contributed by atoms with van der Waals surface area (Å²) in [5.74, 6) is -1.12. The van der Waals surface area contributed by atoms with E-state index < -0.39 is 11.6 Å². The largest absolute Gasteiger partial charge is 0.363 e. The number of nitriles is 1. The lowest BCUT2D eigenvalue weighted by Crippen LogP contribution is -2.48. The highest BCUT2D eigenvalue weighted by atomic mass is 19.1. The fraction of sp³-hybridized carbons (Fsp3) is 0.294. The van der Waals surface area contributed by atoms with Crippen LogP contribution >= 0.6 is 0 Å². The molecule has 8 nitrogen and oxygen atoms in total. The second kappa shape index (κ2) is 6.35. The molecule has 3 aromatic rings. The second-order valence-corrected chi connectivity index (χ2v) is 6.27. The fourth-order valence-electron chi connectivity index (χ4n) is 3.24. The van der Waals surface area contributed by atoms with Gasteiger partial charge < -0.3 is 9.80 Å². The normalized spacial score (nSPS) is 14.6. The zero-order chi connectivity index (χ0) is 19.1. The molecule has 2 aromatic heterocycles. The molecule has 0 aliphatic carbocycles. The van der Waals surface area contributed by atoms with Gasteiger partial charge >= 0.3 is 0 Å². The standard InChI is InChI=1S/C17H15F2N7O/c1-24-15-11(9-21-24)16(27)23-17(22-15)26-4-2-25(3-5-26)14-12(18)6-10(8-20)7-13(14)19/h6-7,9H,2-5H2,1H3,(H,22,23,27). The van der Waals surface area contributed by atoms with Crippen LogP contribution in [0.15, 0.2) is 23.1 Å². The monoisotopic (exact) mass is 371 g/mol. The van der Waals surface area contributed by atoms with Crippen molar-refractivity contribution in [2.45, 2.75) is 0 Å². The van der Waals surface area contributed by atoms with E-state index in [0.717, 1.165) is 12.1 Å². The molecule has 4 rings (SSSR count). The Hall–Kier alpha value is -3.48. The van der Waals surface area contributed by atoms with E-state index in [9.17, 15) is 13.6 Å². The third-order valence-electron chi connectivity index (χ3n) is 4.63. The van der Waals surface area contributed by atoms with Gasteiger partial charge in [0, 0.05) is 33.2 Å². The SMILES string of the molecule is Cn1ncc2c(=O)[nH]c(N3CCN(c4c(F)cc(C#N)cc4F)CC3)nc21. The average Bonchev–Trinajstić information content (AvgIpc) is 3.03. The van der Waals surface area contributed by atoms with E-state index >= 15 is 0 Å². The minimum absolute atomic E-state index is 0.0568. The second-order valence-electron chi connectivity index (χ2n) is 6.27. The lowest BCUT2D eigenvalue weighted by atomic mass is 10.1. The van der Waals surface area contributed by atoms with E-state index in [2.05, 4.69) is 15.1 Å². The summed E-state index contributed by atoms with van der Waals surface area (Å²) in [6.07, 6.45) is 1.46. The highest BCUT2D eigenvalue weighted by Gasteiger charge is 2.24. The molecule has 0 unspecified atom stereocenters. The first-order chi connectivity index (χ1) is 13.0. The van der Waals surface area contributed by atoms with Gasteiger partial charge in [0.2, 0.25) is 5.95 Å². The number of nitrogens with zero attached hydrogens (tertiary/aromatic N) is 6. The Morgan fingerprint density at radius 2 is 1.78 bits per heavy atom. The van der Waals surface area contributed by atoms with Gasteiger partial charge in [0.15, 0.2) is 17.3 Å². The molecule has 1 fully saturated rings. The van der Waals surface area contributed by atoms with E-state index in [1.54, 1.807) is 18.0 Å². The van der Waals surface area contributed by atoms with E-state index in [4.69, 9.17) is 5.26 Å². The zero-order valence-electron chi connectivity index (χ0n) is 14.4. The first kappa shape index (κ1) is 17.0. The summed E-state index contributed by atoms with van der Waals surface area (Å²) in [7, 11) is 1.70. The predicted molar refractivity (Wildman–Crippen MR) is 94.6 cm³/mol. The van der Waals surface area contributed by atoms with Crippen LogP contribution in [0, 0.1) is 23.0 Å². The van der Waals surface area contributed by atoms with Gasteiger partial charge in [-0.2, -0.15) is 15.3 Å². The van der Waals surface area contributed by atoms with Gasteiger partial charge in [0.25, 0.3) is 5.56 Å². The Balaban J connectivity index is 1.57. The van der Waals surface area contributed by atoms with Crippen LogP contribution in [0.3, 0.4) is 0 Å². The molecule has 0 spiro atoms. The molecule has 0 bridgehead atoms. The highest BCUT2D eigenvalue weighted by Crippen LogP contribution is 2.26. The lowest BCUT2D eigenvalue weighted by Gasteiger charge is -2.36. The number of fused-ring (bicyclic) bond motifs is 1. The van der Waals surface area contributed by atoms with Gasteiger partial charge in [-0.1, -0.05) is 0 Å². The Morgan fingerprint density at radius 3 is 2.41 bits per heavy atom. The van der Waals surface area contributed by atoms with Gasteiger partial charge in [-0.15, -0.1) is 0 Å². The molecule has 0 atom stereocenters. The topological polar surface area (TPSA) is 93.8 Å². The van der Waals surface area contributed by atoms with Crippen molar-refractivity contribution in [2.75, 3.05) is 36.0 Å². The van der Waals surface area contributed by atoms with E-state index in [-0.39, 0.29) is 16.8 Å². The summed E-state index contributed by atoms with van der Waals surface area (Å²) < 4.78 is 30.0. The van der Waals surface area contributed by atoms with Crippen molar-refractivity contribution >= 4 is 22.7 Å². The molecular weight excluding hydrogens is 356 g/mol. The maximum absolute atomic E-state index is 14.2. The number of hydrogen-bond acceptors (Lipinski definition) is 6. The van der Waals surface area contributed by atoms with Crippen molar-refractivity contribution in [3.05, 3.63) is 45.9 Å². The van der Waals surface area contributed by atoms with Crippen molar-refractivity contribution in [1.29, 1.82) is 5.26 Å². The number of nitrogens with one attached hydrogen (secondary N) is 1. The van der Waals surface area contributed by atoms with Crippen molar-refractivity contribution in [3.63, 3.8) is 0 Å². The average molecular weight is 371 g/mol. The van der Waals surface area contributed by atoms with E-state index in [1.165, 1.54) is 10.9 Å². The van der Waals surface area contributed by atoms with Crippen molar-refractivity contribution in [2.24, 2.45) is 7.05 Å². The molecule has 0 saturated carbocycles. The first-order valence-electron chi connectivity index (χ1n) is 8.29. The van der Waals surface area contributed by atoms with Gasteiger partial charge in [-0.05, 0) is 12.1 Å². The summed E-state index contributed by atoms with van der Waals surface area (Å²) in [4.78, 5) is 22.8. The van der Waals surface area contributed by atoms with Crippen LogP contribution in [0.4, 0.5) is 20.4 Å². The number of H-pyrrole nitrogens is 1. The minimum Gasteiger partial charge on any atom is -0.363 e. The van der Waals surface area contributed by atoms with Gasteiger partial charge in [-0.25, -0.2) is 8.78 Å². The van der Waals surface area contributed by atoms with Crippen LogP contribution in [0.25, 0.3) is 11.0 Å². The van der Waals surface area contributed by atoms with E-state index in [0.29, 0.717) is 43.2 Å². The fourth-order valence-corrected chi connectivity index (χ4v) is 3.24. The molecule has 10 heteroatoms. The Bertz CT molecular complexity index is 1100. The number of benzene rings is 1. The highest BCUT2D eigenvalue weighted by molar-refractivity contribution is 5.74. The van der Waals surface area contributed by atoms with Crippen molar-refractivity contribution in [1.82, 2.24) is 19.7 Å². The quantitative estimate of drug-likeness (QED) is 0.726. The molecular formula is C17H15F2N7O. The molecule has 0 radical (unpaired) electrons. The molecule has 3 heterocycles. The summed E-state index contributed by atoms with van der Waals surface area (Å²) in [6.45, 7) is 1.52. The lowest BCUT2D eigenvalue weighted by molar-refractivity contribution is 0.554. The molecule has 1 aromatic carbocycles. The molecule has 0 amide bonds. The van der Waals surface area contributed by atoms with Crippen LogP contribution in [-0.2, 0) is 7.05 Å². The van der Waals surface area contributed by atoms with Gasteiger partial charge in [-0.3, -0.25) is 14.5 Å². The molecule has 138 valence electrons. The van der Waals surface area contributed by atoms with Gasteiger partial charge in [0.05, 0.1) is 17.8 Å². The first-order valence-corrected chi connectivity index (χ1v) is 8.29. The third-order valence-corrected chi connectivity index (χ3v) is 4.63. The summed E-state index contributed by atoms with van der Waals surface area (Å²) >= 11 is 0. The third kappa shape index (κ3) is 2.87. The number of aryl methyl sites for hydroxylation is 1. The number of aromatic amines is 1. The maximum Gasteiger partial charge on any atom is 0.263 e. The maximum atomic E-state index is 14.2. The number of halogens is 2. The van der Waals surface area contributed by atoms with Crippen LogP contribution in [0.2, 0.25) is 0 Å². The Labute approximate surface area is 152 Å². The molecule has 1 aliphatic heterocycles. The van der Waals surface area contributed by atoms with Crippen LogP contribution in [-0.4, -0.2) is 45.9 Å². The van der Waals surface area contributed by atoms with Crippen LogP contribution < -0.4 is 15.4 Å². The zero-order valence-corrected chi connectivity index (χ0v) is 14.4. The molecule has 1 saturated heterocycles. The number of aromatic nitrogens is 4. The molecule has 27 heavy (non-hydrogen) atoms. The summed E-state index contributed by atoms with van der Waals surface area (Å²) in [5, 5.41) is 13.2.